The molecule has 3 heterocycles. The van der Waals surface area contributed by atoms with Gasteiger partial charge < -0.3 is 19.9 Å². The molecule has 0 spiro atoms. The third kappa shape index (κ3) is 4.58. The zero-order chi connectivity index (χ0) is 24.6. The molecule has 10 nitrogen and oxygen atoms in total. The molecule has 2 aliphatic carbocycles. The van der Waals surface area contributed by atoms with Crippen LogP contribution in [0.1, 0.15) is 43.9 Å². The van der Waals surface area contributed by atoms with E-state index in [9.17, 15) is 13.6 Å². The summed E-state index contributed by atoms with van der Waals surface area (Å²) in [5.74, 6) is 2.15. The number of pyridine rings is 1. The summed E-state index contributed by atoms with van der Waals surface area (Å²) in [6.07, 6.45) is 7.96. The minimum absolute atomic E-state index is 0.0327. The maximum absolute atomic E-state index is 13.0. The number of hydrogen-bond donors (Lipinski definition) is 2. The Morgan fingerprint density at radius 1 is 1.06 bits per heavy atom. The van der Waals surface area contributed by atoms with Crippen LogP contribution in [0.15, 0.2) is 52.0 Å². The molecule has 3 aromatic heterocycles. The summed E-state index contributed by atoms with van der Waals surface area (Å²) in [6, 6.07) is 8.39. The molecule has 4 aromatic rings. The van der Waals surface area contributed by atoms with Gasteiger partial charge in [-0.1, -0.05) is 12.1 Å². The van der Waals surface area contributed by atoms with E-state index in [-0.39, 0.29) is 23.2 Å². The number of fused-ring (bicyclic) bond motifs is 1. The first-order valence-corrected chi connectivity index (χ1v) is 11.8. The Morgan fingerprint density at radius 3 is 2.64 bits per heavy atom. The molecule has 2 aliphatic rings. The Kier molecular flexibility index (Phi) is 5.70. The second-order valence-electron chi connectivity index (χ2n) is 9.09. The van der Waals surface area contributed by atoms with E-state index in [1.54, 1.807) is 18.2 Å². The summed E-state index contributed by atoms with van der Waals surface area (Å²) in [5, 5.41) is 15.4. The number of anilines is 2. The van der Waals surface area contributed by atoms with Crippen molar-refractivity contribution in [2.45, 2.75) is 56.7 Å². The van der Waals surface area contributed by atoms with E-state index in [4.69, 9.17) is 4.52 Å². The predicted molar refractivity (Wildman–Crippen MR) is 127 cm³/mol. The summed E-state index contributed by atoms with van der Waals surface area (Å²) >= 11 is 0. The van der Waals surface area contributed by atoms with Gasteiger partial charge in [-0.15, -0.1) is 0 Å². The van der Waals surface area contributed by atoms with Crippen molar-refractivity contribution in [2.75, 3.05) is 10.6 Å². The van der Waals surface area contributed by atoms with E-state index in [0.717, 1.165) is 36.8 Å². The predicted octanol–water partition coefficient (Wildman–Crippen LogP) is 4.09. The third-order valence-electron chi connectivity index (χ3n) is 6.47. The van der Waals surface area contributed by atoms with E-state index >= 15 is 0 Å². The Balaban J connectivity index is 1.13. The van der Waals surface area contributed by atoms with Crippen LogP contribution in [0.3, 0.4) is 0 Å². The fourth-order valence-corrected chi connectivity index (χ4v) is 4.56. The number of nitrogens with zero attached hydrogens (tertiary/aromatic N) is 5. The lowest BCUT2D eigenvalue weighted by molar-refractivity contribution is -0.0488. The van der Waals surface area contributed by atoms with Crippen molar-refractivity contribution in [3.63, 3.8) is 0 Å². The molecule has 36 heavy (non-hydrogen) atoms. The van der Waals surface area contributed by atoms with E-state index < -0.39 is 12.2 Å². The van der Waals surface area contributed by atoms with Crippen LogP contribution in [-0.2, 0) is 0 Å². The van der Waals surface area contributed by atoms with E-state index in [1.165, 1.54) is 24.5 Å². The molecule has 2 atom stereocenters. The monoisotopic (exact) mass is 495 g/mol. The molecular formula is C24H23F2N7O3. The average molecular weight is 495 g/mol. The largest absolute Gasteiger partial charge is 0.434 e. The molecule has 2 saturated carbocycles. The normalized spacial score (nSPS) is 19.6. The van der Waals surface area contributed by atoms with Crippen molar-refractivity contribution in [3.8, 4) is 11.4 Å². The number of hydrogen-bond acceptors (Lipinski definition) is 9. The van der Waals surface area contributed by atoms with Gasteiger partial charge in [0.15, 0.2) is 0 Å². The number of rotatable bonds is 8. The fourth-order valence-electron chi connectivity index (χ4n) is 4.56. The molecule has 0 radical (unpaired) electrons. The second kappa shape index (κ2) is 9.17. The molecule has 2 N–H and O–H groups in total. The maximum atomic E-state index is 13.0. The van der Waals surface area contributed by atoms with Crippen molar-refractivity contribution in [2.24, 2.45) is 0 Å². The molecule has 2 fully saturated rings. The Morgan fingerprint density at radius 2 is 1.89 bits per heavy atom. The van der Waals surface area contributed by atoms with Crippen molar-refractivity contribution in [1.29, 1.82) is 0 Å². The molecule has 186 valence electrons. The molecule has 0 saturated heterocycles. The van der Waals surface area contributed by atoms with Crippen molar-refractivity contribution in [1.82, 2.24) is 24.9 Å². The highest BCUT2D eigenvalue weighted by Crippen LogP contribution is 2.39. The van der Waals surface area contributed by atoms with Gasteiger partial charge in [-0.25, -0.2) is 4.98 Å². The molecule has 6 rings (SSSR count). The smallest absolute Gasteiger partial charge is 0.387 e. The van der Waals surface area contributed by atoms with E-state index in [1.807, 2.05) is 0 Å². The number of halogens is 2. The molecule has 0 amide bonds. The zero-order valence-electron chi connectivity index (χ0n) is 19.1. The van der Waals surface area contributed by atoms with Gasteiger partial charge in [0.2, 0.25) is 5.89 Å². The van der Waals surface area contributed by atoms with Gasteiger partial charge in [-0.3, -0.25) is 4.79 Å². The first kappa shape index (κ1) is 22.4. The van der Waals surface area contributed by atoms with Crippen LogP contribution in [0.4, 0.5) is 20.5 Å². The van der Waals surface area contributed by atoms with Crippen LogP contribution >= 0.6 is 0 Å². The first-order chi connectivity index (χ1) is 17.5. The van der Waals surface area contributed by atoms with Crippen LogP contribution < -0.4 is 20.9 Å². The zero-order valence-corrected chi connectivity index (χ0v) is 19.1. The SMILES string of the molecule is O=c1c2c(OC(F)F)cccc2cnn1-c1ccc(N[C@H]2CC[C@H](Nc3noc(C4CC4)n3)C2)nc1. The van der Waals surface area contributed by atoms with E-state index in [2.05, 4.69) is 35.6 Å². The highest BCUT2D eigenvalue weighted by molar-refractivity contribution is 5.86. The number of alkyl halides is 2. The second-order valence-corrected chi connectivity index (χ2v) is 9.09. The van der Waals surface area contributed by atoms with Gasteiger partial charge in [0.05, 0.1) is 23.5 Å². The highest BCUT2D eigenvalue weighted by Gasteiger charge is 2.31. The molecule has 12 heteroatoms. The lowest BCUT2D eigenvalue weighted by Crippen LogP contribution is -2.23. The maximum Gasteiger partial charge on any atom is 0.387 e. The fraction of sp³-hybridized carbons (Fsp3) is 0.375. The van der Waals surface area contributed by atoms with E-state index in [0.29, 0.717) is 34.6 Å². The van der Waals surface area contributed by atoms with Gasteiger partial charge in [-0.2, -0.15) is 23.5 Å². The number of nitrogens with one attached hydrogen (secondary N) is 2. The standard InChI is InChI=1S/C24H23F2N7O3/c25-23(26)35-18-3-1-2-14-11-28-33(22(34)20(14)18)17-8-9-19(27-12-17)29-15-6-7-16(10-15)30-24-31-21(36-32-24)13-4-5-13/h1-3,8-9,11-13,15-16,23H,4-7,10H2,(H,27,29)(H,30,32)/t15-,16-/m0/s1. The third-order valence-corrected chi connectivity index (χ3v) is 6.47. The lowest BCUT2D eigenvalue weighted by atomic mass is 10.2. The van der Waals surface area contributed by atoms with Gasteiger partial charge in [0, 0.05) is 23.4 Å². The Hall–Kier alpha value is -4.09. The van der Waals surface area contributed by atoms with Crippen molar-refractivity contribution < 1.29 is 18.0 Å². The van der Waals surface area contributed by atoms with Crippen LogP contribution in [0.25, 0.3) is 16.5 Å². The molecule has 0 bridgehead atoms. The van der Waals surface area contributed by atoms with Gasteiger partial charge in [0.25, 0.3) is 11.5 Å². The summed E-state index contributed by atoms with van der Waals surface area (Å²) in [6.45, 7) is -3.04. The van der Waals surface area contributed by atoms with Crippen LogP contribution in [0.2, 0.25) is 0 Å². The summed E-state index contributed by atoms with van der Waals surface area (Å²) < 4.78 is 36.6. The summed E-state index contributed by atoms with van der Waals surface area (Å²) in [5.41, 5.74) is -0.156. The topological polar surface area (TPSA) is 120 Å². The van der Waals surface area contributed by atoms with Gasteiger partial charge in [-0.05, 0) is 55.5 Å². The average Bonchev–Trinajstić information content (AvgIpc) is 3.46. The van der Waals surface area contributed by atoms with Crippen LogP contribution in [0.5, 0.6) is 5.75 Å². The highest BCUT2D eigenvalue weighted by atomic mass is 19.3. The Bertz CT molecular complexity index is 1440. The molecular weight excluding hydrogens is 472 g/mol. The van der Waals surface area contributed by atoms with Crippen molar-refractivity contribution >= 4 is 22.5 Å². The van der Waals surface area contributed by atoms with Crippen LogP contribution in [-0.4, -0.2) is 43.6 Å². The Labute approximate surface area is 203 Å². The van der Waals surface area contributed by atoms with Crippen molar-refractivity contribution in [3.05, 3.63) is 59.0 Å². The number of benzene rings is 1. The minimum Gasteiger partial charge on any atom is -0.434 e. The van der Waals surface area contributed by atoms with Crippen LogP contribution in [0, 0.1) is 0 Å². The number of ether oxygens (including phenoxy) is 1. The summed E-state index contributed by atoms with van der Waals surface area (Å²) in [4.78, 5) is 21.9. The van der Waals surface area contributed by atoms with Gasteiger partial charge in [0.1, 0.15) is 11.6 Å². The molecule has 0 aliphatic heterocycles. The lowest BCUT2D eigenvalue weighted by Gasteiger charge is -2.15. The quantitative estimate of drug-likeness (QED) is 0.372. The first-order valence-electron chi connectivity index (χ1n) is 11.8. The minimum atomic E-state index is -3.04. The number of aromatic nitrogens is 5. The van der Waals surface area contributed by atoms with Gasteiger partial charge >= 0.3 is 6.61 Å². The molecule has 0 unspecified atom stereocenters. The molecule has 1 aromatic carbocycles. The summed E-state index contributed by atoms with van der Waals surface area (Å²) in [7, 11) is 0.